The lowest BCUT2D eigenvalue weighted by atomic mass is 9.86. The van der Waals surface area contributed by atoms with Crippen molar-refractivity contribution in [3.05, 3.63) is 72.3 Å². The van der Waals surface area contributed by atoms with E-state index in [-0.39, 0.29) is 23.0 Å². The fourth-order valence-corrected chi connectivity index (χ4v) is 9.38. The van der Waals surface area contributed by atoms with Gasteiger partial charge in [0.25, 0.3) is 8.32 Å². The van der Waals surface area contributed by atoms with Crippen molar-refractivity contribution in [3.8, 4) is 0 Å². The lowest BCUT2D eigenvalue weighted by molar-refractivity contribution is -0.146. The van der Waals surface area contributed by atoms with Gasteiger partial charge in [0.05, 0.1) is 19.1 Å². The minimum Gasteiger partial charge on any atom is -0.469 e. The van der Waals surface area contributed by atoms with Crippen LogP contribution >= 0.6 is 0 Å². The van der Waals surface area contributed by atoms with E-state index in [1.165, 1.54) is 23.1 Å². The monoisotopic (exact) mass is 422 g/mol. The van der Waals surface area contributed by atoms with Crippen LogP contribution in [-0.2, 0) is 14.0 Å². The highest BCUT2D eigenvalue weighted by molar-refractivity contribution is 6.99. The summed E-state index contributed by atoms with van der Waals surface area (Å²) in [6, 6.07) is 21.4. The summed E-state index contributed by atoms with van der Waals surface area (Å²) in [6.45, 7) is 9.03. The van der Waals surface area contributed by atoms with Crippen molar-refractivity contribution in [2.45, 2.75) is 58.1 Å². The largest absolute Gasteiger partial charge is 0.469 e. The Balaban J connectivity index is 2.14. The number of methoxy groups -OCH3 is 1. The Hall–Kier alpha value is -2.17. The summed E-state index contributed by atoms with van der Waals surface area (Å²) in [5.41, 5.74) is 1.29. The summed E-state index contributed by atoms with van der Waals surface area (Å²) in [6.07, 6.45) is 4.46. The molecule has 30 heavy (non-hydrogen) atoms. The van der Waals surface area contributed by atoms with Crippen LogP contribution in [0.3, 0.4) is 0 Å². The zero-order valence-electron chi connectivity index (χ0n) is 18.9. The molecule has 0 spiro atoms. The van der Waals surface area contributed by atoms with Crippen LogP contribution in [0, 0.1) is 5.92 Å². The van der Waals surface area contributed by atoms with E-state index in [0.29, 0.717) is 6.42 Å². The molecule has 0 radical (unpaired) electrons. The average molecular weight is 423 g/mol. The average Bonchev–Trinajstić information content (AvgIpc) is 2.77. The summed E-state index contributed by atoms with van der Waals surface area (Å²) in [7, 11) is -1.19. The van der Waals surface area contributed by atoms with Crippen molar-refractivity contribution >= 4 is 24.7 Å². The van der Waals surface area contributed by atoms with Crippen LogP contribution < -0.4 is 10.4 Å². The van der Waals surface area contributed by atoms with Gasteiger partial charge in [0.2, 0.25) is 0 Å². The highest BCUT2D eigenvalue weighted by Crippen LogP contribution is 2.40. The predicted molar refractivity (Wildman–Crippen MR) is 126 cm³/mol. The number of ether oxygens (including phenoxy) is 1. The molecule has 0 fully saturated rings. The van der Waals surface area contributed by atoms with Gasteiger partial charge >= 0.3 is 5.97 Å². The molecule has 0 unspecified atom stereocenters. The van der Waals surface area contributed by atoms with Gasteiger partial charge in [-0.05, 0) is 40.2 Å². The number of allylic oxidation sites excluding steroid dienone is 1. The van der Waals surface area contributed by atoms with Crippen molar-refractivity contribution in [1.82, 2.24) is 0 Å². The molecule has 0 heterocycles. The fourth-order valence-electron chi connectivity index (χ4n) is 4.69. The van der Waals surface area contributed by atoms with Crippen LogP contribution in [0.1, 0.15) is 47.0 Å². The van der Waals surface area contributed by atoms with Gasteiger partial charge in [-0.25, -0.2) is 0 Å². The van der Waals surface area contributed by atoms with Crippen LogP contribution in [0.5, 0.6) is 0 Å². The van der Waals surface area contributed by atoms with Crippen LogP contribution in [-0.4, -0.2) is 27.5 Å². The van der Waals surface area contributed by atoms with Gasteiger partial charge in [-0.1, -0.05) is 94.4 Å². The topological polar surface area (TPSA) is 35.5 Å². The molecule has 0 N–H and O–H groups in total. The summed E-state index contributed by atoms with van der Waals surface area (Å²) >= 11 is 0. The molecule has 2 aromatic carbocycles. The smallest absolute Gasteiger partial charge is 0.309 e. The number of benzene rings is 2. The van der Waals surface area contributed by atoms with E-state index >= 15 is 0 Å². The Bertz CT molecular complexity index is 829. The number of carbonyl (C=O) groups is 1. The minimum atomic E-state index is -2.66. The van der Waals surface area contributed by atoms with Gasteiger partial charge in [0.1, 0.15) is 0 Å². The molecule has 4 heteroatoms. The quantitative estimate of drug-likeness (QED) is 0.379. The molecular formula is C26H34O3Si. The van der Waals surface area contributed by atoms with Crippen molar-refractivity contribution in [2.75, 3.05) is 7.11 Å². The van der Waals surface area contributed by atoms with Crippen LogP contribution in [0.15, 0.2) is 72.3 Å². The minimum absolute atomic E-state index is 0.0841. The van der Waals surface area contributed by atoms with Crippen LogP contribution in [0.25, 0.3) is 0 Å². The van der Waals surface area contributed by atoms with Crippen molar-refractivity contribution in [1.29, 1.82) is 0 Å². The number of hydrogen-bond acceptors (Lipinski definition) is 3. The molecule has 2 atom stereocenters. The molecule has 1 aliphatic carbocycles. The second kappa shape index (κ2) is 9.32. The standard InChI is InChI=1S/C26H34O3Si/c1-6-20-17-18-21(25(27)28-5)19-24(20)29-30(26(2,3)4,22-13-9-7-10-14-22)23-15-11-8-12-16-23/h7-17,21,24H,6,18-19H2,1-5H3/t21-,24-/m1/s1. The molecule has 0 amide bonds. The first-order valence-electron chi connectivity index (χ1n) is 10.9. The molecule has 0 aliphatic heterocycles. The number of rotatable bonds is 6. The third kappa shape index (κ3) is 4.30. The summed E-state index contributed by atoms with van der Waals surface area (Å²) in [5.74, 6) is -0.286. The van der Waals surface area contributed by atoms with Gasteiger partial charge < -0.3 is 9.16 Å². The third-order valence-electron chi connectivity index (χ3n) is 6.26. The van der Waals surface area contributed by atoms with E-state index in [0.717, 1.165) is 12.8 Å². The maximum atomic E-state index is 12.3. The highest BCUT2D eigenvalue weighted by atomic mass is 28.4. The molecule has 160 valence electrons. The van der Waals surface area contributed by atoms with Gasteiger partial charge in [-0.2, -0.15) is 0 Å². The number of esters is 1. The zero-order chi connectivity index (χ0) is 21.8. The molecule has 2 aromatic rings. The van der Waals surface area contributed by atoms with Crippen molar-refractivity contribution in [3.63, 3.8) is 0 Å². The lowest BCUT2D eigenvalue weighted by Gasteiger charge is -2.46. The second-order valence-corrected chi connectivity index (χ2v) is 13.3. The third-order valence-corrected chi connectivity index (χ3v) is 11.3. The Morgan fingerprint density at radius 1 is 1.00 bits per heavy atom. The van der Waals surface area contributed by atoms with E-state index in [1.807, 2.05) is 0 Å². The maximum Gasteiger partial charge on any atom is 0.309 e. The zero-order valence-corrected chi connectivity index (χ0v) is 19.9. The first-order valence-corrected chi connectivity index (χ1v) is 12.8. The SMILES string of the molecule is CCC1=CC[C@@H](C(=O)OC)C[C@H]1O[Si](c1ccccc1)(c1ccccc1)C(C)(C)C. The first-order chi connectivity index (χ1) is 14.3. The van der Waals surface area contributed by atoms with Crippen molar-refractivity contribution < 1.29 is 14.0 Å². The van der Waals surface area contributed by atoms with E-state index in [2.05, 4.69) is 94.4 Å². The van der Waals surface area contributed by atoms with Gasteiger partial charge in [0.15, 0.2) is 0 Å². The molecular weight excluding hydrogens is 388 g/mol. The molecule has 0 saturated heterocycles. The molecule has 0 saturated carbocycles. The molecule has 3 nitrogen and oxygen atoms in total. The van der Waals surface area contributed by atoms with Crippen LogP contribution in [0.2, 0.25) is 5.04 Å². The predicted octanol–water partition coefficient (Wildman–Crippen LogP) is 4.85. The molecule has 1 aliphatic rings. The molecule has 0 bridgehead atoms. The van der Waals surface area contributed by atoms with E-state index in [1.54, 1.807) is 0 Å². The van der Waals surface area contributed by atoms with E-state index in [4.69, 9.17) is 9.16 Å². The fraction of sp³-hybridized carbons (Fsp3) is 0.423. The first kappa shape index (κ1) is 22.5. The molecule has 0 aromatic heterocycles. The highest BCUT2D eigenvalue weighted by Gasteiger charge is 2.52. The van der Waals surface area contributed by atoms with Gasteiger partial charge in [0, 0.05) is 0 Å². The lowest BCUT2D eigenvalue weighted by Crippen LogP contribution is -2.68. The Kier molecular flexibility index (Phi) is 6.99. The van der Waals surface area contributed by atoms with Crippen LogP contribution in [0.4, 0.5) is 0 Å². The summed E-state index contributed by atoms with van der Waals surface area (Å²) in [5, 5.41) is 2.44. The van der Waals surface area contributed by atoms with Gasteiger partial charge in [-0.3, -0.25) is 4.79 Å². The van der Waals surface area contributed by atoms with Gasteiger partial charge in [-0.15, -0.1) is 0 Å². The maximum absolute atomic E-state index is 12.3. The van der Waals surface area contributed by atoms with E-state index < -0.39 is 8.32 Å². The number of carbonyl (C=O) groups excluding carboxylic acids is 1. The second-order valence-electron chi connectivity index (χ2n) is 9.09. The van der Waals surface area contributed by atoms with E-state index in [9.17, 15) is 4.79 Å². The normalized spacial score (nSPS) is 19.8. The Labute approximate surface area is 182 Å². The summed E-state index contributed by atoms with van der Waals surface area (Å²) < 4.78 is 12.4. The van der Waals surface area contributed by atoms with Crippen molar-refractivity contribution in [2.24, 2.45) is 5.92 Å². The summed E-state index contributed by atoms with van der Waals surface area (Å²) in [4.78, 5) is 12.3. The Morgan fingerprint density at radius 3 is 1.97 bits per heavy atom. The Morgan fingerprint density at radius 2 is 1.53 bits per heavy atom. The molecule has 3 rings (SSSR count). The number of hydrogen-bond donors (Lipinski definition) is 0.